The molecule has 1 aromatic carbocycles. The highest BCUT2D eigenvalue weighted by Gasteiger charge is 2.16. The van der Waals surface area contributed by atoms with Gasteiger partial charge in [-0.3, -0.25) is 0 Å². The lowest BCUT2D eigenvalue weighted by molar-refractivity contribution is 0.791. The van der Waals surface area contributed by atoms with Gasteiger partial charge >= 0.3 is 0 Å². The Morgan fingerprint density at radius 3 is 2.77 bits per heavy atom. The zero-order valence-corrected chi connectivity index (χ0v) is 7.88. The van der Waals surface area contributed by atoms with Crippen molar-refractivity contribution in [2.45, 2.75) is 5.92 Å². The molecule has 0 radical (unpaired) electrons. The van der Waals surface area contributed by atoms with Crippen LogP contribution >= 0.6 is 11.6 Å². The Bertz CT molecular complexity index is 347. The lowest BCUT2D eigenvalue weighted by Gasteiger charge is -2.08. The van der Waals surface area contributed by atoms with E-state index in [1.54, 1.807) is 0 Å². The van der Waals surface area contributed by atoms with Crippen LogP contribution in [0.2, 0.25) is 5.02 Å². The standard InChI is InChI=1S/C10H11ClN2/c11-9-4-2-1-3-8(9)7-5-10(12)13-6-7/h1-5,7,13H,6,12H2/t7-/m1/s1. The van der Waals surface area contributed by atoms with Gasteiger partial charge in [0, 0.05) is 17.5 Å². The summed E-state index contributed by atoms with van der Waals surface area (Å²) >= 11 is 6.05. The second kappa shape index (κ2) is 3.30. The molecule has 0 bridgehead atoms. The fourth-order valence-corrected chi connectivity index (χ4v) is 1.81. The lowest BCUT2D eigenvalue weighted by atomic mass is 10.0. The number of nitrogens with one attached hydrogen (secondary N) is 1. The molecule has 1 heterocycles. The molecule has 2 nitrogen and oxygen atoms in total. The van der Waals surface area contributed by atoms with E-state index >= 15 is 0 Å². The first-order valence-corrected chi connectivity index (χ1v) is 4.61. The molecule has 0 aromatic heterocycles. The molecule has 13 heavy (non-hydrogen) atoms. The molecule has 0 fully saturated rings. The Balaban J connectivity index is 2.31. The first-order valence-electron chi connectivity index (χ1n) is 4.23. The van der Waals surface area contributed by atoms with Crippen molar-refractivity contribution >= 4 is 11.6 Å². The van der Waals surface area contributed by atoms with Crippen molar-refractivity contribution < 1.29 is 0 Å². The van der Waals surface area contributed by atoms with Gasteiger partial charge in [0.2, 0.25) is 0 Å². The molecule has 68 valence electrons. The highest BCUT2D eigenvalue weighted by Crippen LogP contribution is 2.27. The Morgan fingerprint density at radius 1 is 1.38 bits per heavy atom. The van der Waals surface area contributed by atoms with Gasteiger partial charge < -0.3 is 11.1 Å². The highest BCUT2D eigenvalue weighted by atomic mass is 35.5. The van der Waals surface area contributed by atoms with Crippen molar-refractivity contribution in [2.24, 2.45) is 5.73 Å². The molecule has 2 rings (SSSR count). The maximum Gasteiger partial charge on any atom is 0.0926 e. The minimum Gasteiger partial charge on any atom is -0.386 e. The van der Waals surface area contributed by atoms with Crippen LogP contribution in [0.15, 0.2) is 36.2 Å². The first kappa shape index (κ1) is 8.45. The first-order chi connectivity index (χ1) is 6.27. The second-order valence-corrected chi connectivity index (χ2v) is 3.54. The smallest absolute Gasteiger partial charge is 0.0926 e. The molecule has 0 spiro atoms. The molecule has 3 N–H and O–H groups in total. The van der Waals surface area contributed by atoms with E-state index in [1.807, 2.05) is 30.3 Å². The molecule has 0 aliphatic carbocycles. The summed E-state index contributed by atoms with van der Waals surface area (Å²) in [4.78, 5) is 0. The highest BCUT2D eigenvalue weighted by molar-refractivity contribution is 6.31. The van der Waals surface area contributed by atoms with Gasteiger partial charge in [-0.25, -0.2) is 0 Å². The van der Waals surface area contributed by atoms with Gasteiger partial charge in [-0.2, -0.15) is 0 Å². The van der Waals surface area contributed by atoms with Crippen molar-refractivity contribution in [3.63, 3.8) is 0 Å². The van der Waals surface area contributed by atoms with Crippen LogP contribution in [0.4, 0.5) is 0 Å². The van der Waals surface area contributed by atoms with Crippen molar-refractivity contribution in [1.29, 1.82) is 0 Å². The van der Waals surface area contributed by atoms with Crippen LogP contribution in [-0.4, -0.2) is 6.54 Å². The number of hydrogen-bond acceptors (Lipinski definition) is 2. The summed E-state index contributed by atoms with van der Waals surface area (Å²) in [5.41, 5.74) is 6.76. The minimum absolute atomic E-state index is 0.314. The summed E-state index contributed by atoms with van der Waals surface area (Å²) in [6.07, 6.45) is 2.00. The minimum atomic E-state index is 0.314. The summed E-state index contributed by atoms with van der Waals surface area (Å²) in [7, 11) is 0. The molecule has 1 aromatic rings. The normalized spacial score (nSPS) is 21.0. The SMILES string of the molecule is NC1=C[C@@H](c2ccccc2Cl)CN1. The molecule has 0 unspecified atom stereocenters. The van der Waals surface area contributed by atoms with E-state index < -0.39 is 0 Å². The average molecular weight is 195 g/mol. The van der Waals surface area contributed by atoms with E-state index in [9.17, 15) is 0 Å². The molecule has 0 amide bonds. The van der Waals surface area contributed by atoms with E-state index in [2.05, 4.69) is 5.32 Å². The van der Waals surface area contributed by atoms with Crippen molar-refractivity contribution in [3.8, 4) is 0 Å². The zero-order valence-electron chi connectivity index (χ0n) is 7.13. The van der Waals surface area contributed by atoms with Gasteiger partial charge in [-0.15, -0.1) is 0 Å². The summed E-state index contributed by atoms with van der Waals surface area (Å²) in [6.45, 7) is 0.843. The molecular weight excluding hydrogens is 184 g/mol. The number of halogens is 1. The molecular formula is C10H11ClN2. The molecule has 1 aliphatic rings. The lowest BCUT2D eigenvalue weighted by Crippen LogP contribution is -2.16. The molecule has 3 heteroatoms. The van der Waals surface area contributed by atoms with Crippen LogP contribution in [0.25, 0.3) is 0 Å². The van der Waals surface area contributed by atoms with Crippen LogP contribution in [0.5, 0.6) is 0 Å². The fraction of sp³-hybridized carbons (Fsp3) is 0.200. The average Bonchev–Trinajstić information content (AvgIpc) is 2.53. The molecule has 1 atom stereocenters. The summed E-state index contributed by atoms with van der Waals surface area (Å²) in [5, 5.41) is 3.88. The predicted molar refractivity (Wildman–Crippen MR) is 54.5 cm³/mol. The van der Waals surface area contributed by atoms with Crippen LogP contribution < -0.4 is 11.1 Å². The van der Waals surface area contributed by atoms with Crippen LogP contribution in [-0.2, 0) is 0 Å². The number of benzene rings is 1. The summed E-state index contributed by atoms with van der Waals surface area (Å²) in [5.74, 6) is 1.05. The van der Waals surface area contributed by atoms with Crippen molar-refractivity contribution in [1.82, 2.24) is 5.32 Å². The van der Waals surface area contributed by atoms with Gasteiger partial charge in [-0.1, -0.05) is 29.8 Å². The summed E-state index contributed by atoms with van der Waals surface area (Å²) < 4.78 is 0. The molecule has 0 saturated heterocycles. The number of hydrogen-bond donors (Lipinski definition) is 2. The quantitative estimate of drug-likeness (QED) is 0.716. The number of nitrogens with two attached hydrogens (primary N) is 1. The van der Waals surface area contributed by atoms with E-state index in [0.29, 0.717) is 5.92 Å². The largest absolute Gasteiger partial charge is 0.386 e. The third-order valence-corrected chi connectivity index (χ3v) is 2.56. The van der Waals surface area contributed by atoms with E-state index in [-0.39, 0.29) is 0 Å². The van der Waals surface area contributed by atoms with Crippen LogP contribution in [0, 0.1) is 0 Å². The monoisotopic (exact) mass is 194 g/mol. The van der Waals surface area contributed by atoms with Crippen LogP contribution in [0.1, 0.15) is 11.5 Å². The van der Waals surface area contributed by atoms with Crippen molar-refractivity contribution in [3.05, 3.63) is 46.7 Å². The van der Waals surface area contributed by atoms with Crippen LogP contribution in [0.3, 0.4) is 0 Å². The maximum atomic E-state index is 6.05. The maximum absolute atomic E-state index is 6.05. The summed E-state index contributed by atoms with van der Waals surface area (Å²) in [6, 6.07) is 7.86. The van der Waals surface area contributed by atoms with E-state index in [4.69, 9.17) is 17.3 Å². The Labute approximate surface area is 82.4 Å². The van der Waals surface area contributed by atoms with Gasteiger partial charge in [0.1, 0.15) is 0 Å². The van der Waals surface area contributed by atoms with Gasteiger partial charge in [0.05, 0.1) is 5.82 Å². The third-order valence-electron chi connectivity index (χ3n) is 2.21. The Hall–Kier alpha value is -1.15. The third kappa shape index (κ3) is 1.63. The fourth-order valence-electron chi connectivity index (χ4n) is 1.54. The predicted octanol–water partition coefficient (Wildman–Crippen LogP) is 1.83. The van der Waals surface area contributed by atoms with E-state index in [1.165, 1.54) is 0 Å². The van der Waals surface area contributed by atoms with E-state index in [0.717, 1.165) is 23.0 Å². The topological polar surface area (TPSA) is 38.0 Å². The molecule has 1 aliphatic heterocycles. The molecule has 0 saturated carbocycles. The van der Waals surface area contributed by atoms with Gasteiger partial charge in [0.25, 0.3) is 0 Å². The number of rotatable bonds is 1. The van der Waals surface area contributed by atoms with Crippen molar-refractivity contribution in [2.75, 3.05) is 6.54 Å². The van der Waals surface area contributed by atoms with Gasteiger partial charge in [-0.05, 0) is 17.7 Å². The van der Waals surface area contributed by atoms with Gasteiger partial charge in [0.15, 0.2) is 0 Å². The Morgan fingerprint density at radius 2 is 2.15 bits per heavy atom. The second-order valence-electron chi connectivity index (χ2n) is 3.13. The Kier molecular flexibility index (Phi) is 2.15. The zero-order chi connectivity index (χ0) is 9.26.